The molecule has 8 heteroatoms. The third-order valence-electron chi connectivity index (χ3n) is 14.6. The Hall–Kier alpha value is -9.92. The number of para-hydroxylation sites is 3. The van der Waals surface area contributed by atoms with Crippen LogP contribution in [0.1, 0.15) is 42.1 Å². The van der Waals surface area contributed by atoms with Gasteiger partial charge < -0.3 is 14.0 Å². The van der Waals surface area contributed by atoms with Crippen LogP contribution in [-0.4, -0.2) is 42.0 Å². The minimum Gasteiger partial charge on any atom is -0.334 e. The predicted molar refractivity (Wildman–Crippen MR) is 326 cm³/mol. The lowest BCUT2D eigenvalue weighted by Gasteiger charge is -2.20. The molecule has 0 saturated heterocycles. The SMILES string of the molecule is C=C(N=CN(C)c1c(C)ccc2c3c4ccccc4ccc3n(-c3ccccc3)c12)c1ccccc1.C=Cc1c(CC)n(-c2nc(C(=C)C)nc(-c3ccccc3)n2)c2cc(-n3c4ccccc4c4ccccc43)ccc12. The van der Waals surface area contributed by atoms with Crippen molar-refractivity contribution in [1.82, 2.24) is 28.7 Å². The number of hydrogen-bond donors (Lipinski definition) is 0. The Balaban J connectivity index is 0.000000156. The Labute approximate surface area is 448 Å². The first kappa shape index (κ1) is 48.0. The molecular formula is C69H56N8. The fraction of sp³-hybridized carbons (Fsp3) is 0.0725. The summed E-state index contributed by atoms with van der Waals surface area (Å²) in [5.41, 5.74) is 15.9. The van der Waals surface area contributed by atoms with Gasteiger partial charge in [-0.15, -0.1) is 0 Å². The zero-order valence-corrected chi connectivity index (χ0v) is 43.7. The number of allylic oxidation sites excluding steroid dienone is 1. The second-order valence-corrected chi connectivity index (χ2v) is 19.4. The maximum absolute atomic E-state index is 5.01. The van der Waals surface area contributed by atoms with E-state index in [1.165, 1.54) is 59.9 Å². The zero-order chi connectivity index (χ0) is 52.7. The van der Waals surface area contributed by atoms with Gasteiger partial charge in [0.05, 0.1) is 45.3 Å². The summed E-state index contributed by atoms with van der Waals surface area (Å²) < 4.78 is 6.89. The molecule has 0 atom stereocenters. The van der Waals surface area contributed by atoms with Crippen LogP contribution >= 0.6 is 0 Å². The molecule has 0 aliphatic heterocycles. The van der Waals surface area contributed by atoms with Crippen LogP contribution in [0, 0.1) is 6.92 Å². The summed E-state index contributed by atoms with van der Waals surface area (Å²) in [6.45, 7) is 18.7. The van der Waals surface area contributed by atoms with Crippen molar-refractivity contribution in [3.63, 3.8) is 0 Å². The lowest BCUT2D eigenvalue weighted by atomic mass is 10.0. The van der Waals surface area contributed by atoms with Crippen LogP contribution < -0.4 is 4.90 Å². The van der Waals surface area contributed by atoms with Crippen LogP contribution in [0.4, 0.5) is 5.69 Å². The van der Waals surface area contributed by atoms with Gasteiger partial charge in [-0.2, -0.15) is 9.97 Å². The highest BCUT2D eigenvalue weighted by atomic mass is 15.2. The van der Waals surface area contributed by atoms with E-state index in [4.69, 9.17) is 19.9 Å². The fourth-order valence-corrected chi connectivity index (χ4v) is 11.0. The topological polar surface area (TPSA) is 69.1 Å². The molecule has 0 fully saturated rings. The molecular weight excluding hydrogens is 941 g/mol. The van der Waals surface area contributed by atoms with E-state index < -0.39 is 0 Å². The van der Waals surface area contributed by atoms with E-state index in [-0.39, 0.29) is 0 Å². The summed E-state index contributed by atoms with van der Waals surface area (Å²) in [4.78, 5) is 21.5. The van der Waals surface area contributed by atoms with Crippen LogP contribution in [0.15, 0.2) is 231 Å². The lowest BCUT2D eigenvalue weighted by Crippen LogP contribution is -2.17. The van der Waals surface area contributed by atoms with Crippen molar-refractivity contribution >= 4 is 94.7 Å². The van der Waals surface area contributed by atoms with Crippen molar-refractivity contribution in [3.8, 4) is 28.7 Å². The van der Waals surface area contributed by atoms with Crippen molar-refractivity contribution in [2.75, 3.05) is 11.9 Å². The molecule has 0 saturated carbocycles. The van der Waals surface area contributed by atoms with Crippen LogP contribution in [0.2, 0.25) is 0 Å². The van der Waals surface area contributed by atoms with E-state index in [1.54, 1.807) is 0 Å². The third kappa shape index (κ3) is 8.46. The molecule has 0 aliphatic rings. The minimum atomic E-state index is 0.575. The van der Waals surface area contributed by atoms with Crippen molar-refractivity contribution in [2.45, 2.75) is 27.2 Å². The van der Waals surface area contributed by atoms with Gasteiger partial charge in [0, 0.05) is 62.2 Å². The summed E-state index contributed by atoms with van der Waals surface area (Å²) >= 11 is 0. The maximum atomic E-state index is 5.01. The molecule has 13 rings (SSSR count). The highest BCUT2D eigenvalue weighted by molar-refractivity contribution is 6.24. The van der Waals surface area contributed by atoms with E-state index in [2.05, 4.69) is 205 Å². The first-order valence-corrected chi connectivity index (χ1v) is 26.0. The first-order chi connectivity index (χ1) is 37.7. The Bertz CT molecular complexity index is 4410. The van der Waals surface area contributed by atoms with Crippen molar-refractivity contribution in [2.24, 2.45) is 4.99 Å². The molecule has 4 aromatic heterocycles. The largest absolute Gasteiger partial charge is 0.334 e. The van der Waals surface area contributed by atoms with Crippen LogP contribution in [-0.2, 0) is 6.42 Å². The Kier molecular flexibility index (Phi) is 12.5. The summed E-state index contributed by atoms with van der Waals surface area (Å²) in [6.07, 6.45) is 4.61. The molecule has 77 heavy (non-hydrogen) atoms. The Morgan fingerprint density at radius 1 is 0.571 bits per heavy atom. The lowest BCUT2D eigenvalue weighted by molar-refractivity contribution is 0.860. The standard InChI is InChI=1S/C36H29N5.C33H27N3/c1-5-26-29-21-20-25(40-31-18-12-10-16-27(31)28-17-11-13-19-32(28)40)22-33(29)41(30(26)6-2)36-38-34(23(3)4)37-35(39-36)24-14-8-7-9-15-24;1-23-18-20-29-31-28-17-11-10-14-26(28)19-21-30(31)36(27-15-8-5-9-16-27)33(29)32(23)35(3)22-34-24(2)25-12-6-4-7-13-25/h5,7-22H,1,3,6H2,2,4H3;4-22H,2H2,1,3H3. The number of aliphatic imine (C=N–C) groups is 1. The number of hydrogen-bond acceptors (Lipinski definition) is 4. The van der Waals surface area contributed by atoms with Gasteiger partial charge in [-0.1, -0.05) is 197 Å². The van der Waals surface area contributed by atoms with Gasteiger partial charge in [-0.3, -0.25) is 4.57 Å². The quantitative estimate of drug-likeness (QED) is 0.0956. The van der Waals surface area contributed by atoms with E-state index in [1.807, 2.05) is 80.0 Å². The number of fused-ring (bicyclic) bond motifs is 9. The van der Waals surface area contributed by atoms with Crippen molar-refractivity contribution < 1.29 is 0 Å². The molecule has 13 aromatic rings. The van der Waals surface area contributed by atoms with Gasteiger partial charge in [-0.25, -0.2) is 9.98 Å². The molecule has 0 N–H and O–H groups in total. The average molecular weight is 997 g/mol. The molecule has 0 amide bonds. The summed E-state index contributed by atoms with van der Waals surface area (Å²) in [5.74, 6) is 1.78. The van der Waals surface area contributed by atoms with Crippen LogP contribution in [0.25, 0.3) is 111 Å². The van der Waals surface area contributed by atoms with Gasteiger partial charge >= 0.3 is 0 Å². The number of aryl methyl sites for hydroxylation is 1. The number of anilines is 1. The van der Waals surface area contributed by atoms with E-state index in [9.17, 15) is 0 Å². The average Bonchev–Trinajstić information content (AvgIpc) is 4.15. The maximum Gasteiger partial charge on any atom is 0.238 e. The van der Waals surface area contributed by atoms with E-state index in [0.29, 0.717) is 17.6 Å². The highest BCUT2D eigenvalue weighted by Crippen LogP contribution is 2.42. The molecule has 4 heterocycles. The molecule has 9 aromatic carbocycles. The van der Waals surface area contributed by atoms with Gasteiger partial charge in [-0.05, 0) is 90.2 Å². The monoisotopic (exact) mass is 996 g/mol. The highest BCUT2D eigenvalue weighted by Gasteiger charge is 2.23. The number of rotatable bonds is 11. The molecule has 0 bridgehead atoms. The Morgan fingerprint density at radius 3 is 1.87 bits per heavy atom. The predicted octanol–water partition coefficient (Wildman–Crippen LogP) is 17.2. The van der Waals surface area contributed by atoms with Crippen molar-refractivity contribution in [3.05, 3.63) is 254 Å². The summed E-state index contributed by atoms with van der Waals surface area (Å²) in [7, 11) is 2.06. The molecule has 0 unspecified atom stereocenters. The molecule has 372 valence electrons. The van der Waals surface area contributed by atoms with Crippen molar-refractivity contribution in [1.29, 1.82) is 0 Å². The zero-order valence-electron chi connectivity index (χ0n) is 43.7. The van der Waals surface area contributed by atoms with Crippen LogP contribution in [0.3, 0.4) is 0 Å². The second-order valence-electron chi connectivity index (χ2n) is 19.4. The second kappa shape index (κ2) is 20.1. The van der Waals surface area contributed by atoms with E-state index >= 15 is 0 Å². The first-order valence-electron chi connectivity index (χ1n) is 26.0. The van der Waals surface area contributed by atoms with Gasteiger partial charge in [0.25, 0.3) is 0 Å². The molecule has 0 aliphatic carbocycles. The summed E-state index contributed by atoms with van der Waals surface area (Å²) in [5, 5.41) is 8.58. The number of nitrogens with zero attached hydrogens (tertiary/aromatic N) is 8. The van der Waals surface area contributed by atoms with Crippen LogP contribution in [0.5, 0.6) is 0 Å². The number of aromatic nitrogens is 6. The Morgan fingerprint density at radius 2 is 1.19 bits per heavy atom. The normalized spacial score (nSPS) is 11.5. The minimum absolute atomic E-state index is 0.575. The van der Waals surface area contributed by atoms with Gasteiger partial charge in [0.1, 0.15) is 0 Å². The summed E-state index contributed by atoms with van der Waals surface area (Å²) in [6, 6.07) is 72.0. The fourth-order valence-electron chi connectivity index (χ4n) is 11.0. The van der Waals surface area contributed by atoms with E-state index in [0.717, 1.165) is 68.0 Å². The third-order valence-corrected chi connectivity index (χ3v) is 14.6. The van der Waals surface area contributed by atoms with Gasteiger partial charge in [0.2, 0.25) is 5.95 Å². The molecule has 8 nitrogen and oxygen atoms in total. The smallest absolute Gasteiger partial charge is 0.238 e. The molecule has 0 radical (unpaired) electrons. The van der Waals surface area contributed by atoms with Gasteiger partial charge in [0.15, 0.2) is 11.6 Å². The number of benzene rings is 9. The molecule has 0 spiro atoms.